The van der Waals surface area contributed by atoms with Crippen molar-refractivity contribution < 1.29 is 64.0 Å². The van der Waals surface area contributed by atoms with Crippen LogP contribution in [0.15, 0.2) is 39.5 Å². The van der Waals surface area contributed by atoms with Crippen molar-refractivity contribution in [3.8, 4) is 40.1 Å². The molecule has 1 aromatic heterocycles. The molecule has 0 bridgehead atoms. The summed E-state index contributed by atoms with van der Waals surface area (Å²) in [6.07, 6.45) is -7.23. The number of aliphatic carboxylic acids is 1. The number of aromatic hydroxyl groups is 3. The summed E-state index contributed by atoms with van der Waals surface area (Å²) in [6.45, 7) is 0. The Balaban J connectivity index is 1.90. The van der Waals surface area contributed by atoms with Crippen molar-refractivity contribution in [1.29, 1.82) is 0 Å². The zero-order valence-corrected chi connectivity index (χ0v) is 18.1. The van der Waals surface area contributed by atoms with Crippen LogP contribution in [0.25, 0.3) is 22.3 Å². The van der Waals surface area contributed by atoms with Gasteiger partial charge in [-0.2, -0.15) is 0 Å². The molecule has 0 spiro atoms. The number of cyclic esters (lactones) is 1. The number of carboxylic acid groups (broad SMARTS) is 1. The second-order valence-corrected chi connectivity index (χ2v) is 7.71. The molecule has 2 aromatic carbocycles. The maximum atomic E-state index is 13.3. The summed E-state index contributed by atoms with van der Waals surface area (Å²) in [5, 5.41) is 69.2. The molecule has 1 aliphatic rings. The van der Waals surface area contributed by atoms with Crippen LogP contribution in [0, 0.1) is 0 Å². The molecule has 0 amide bonds. The number of carbonyl (C=O) groups is 2. The van der Waals surface area contributed by atoms with Gasteiger partial charge in [0.25, 0.3) is 11.9 Å². The van der Waals surface area contributed by atoms with Crippen molar-refractivity contribution in [3.63, 3.8) is 0 Å². The lowest BCUT2D eigenvalue weighted by Gasteiger charge is -2.38. The van der Waals surface area contributed by atoms with Gasteiger partial charge in [-0.25, -0.2) is 9.59 Å². The van der Waals surface area contributed by atoms with Crippen molar-refractivity contribution in [2.24, 2.45) is 0 Å². The van der Waals surface area contributed by atoms with E-state index in [-0.39, 0.29) is 16.9 Å². The van der Waals surface area contributed by atoms with E-state index in [1.165, 1.54) is 19.2 Å². The number of phenolic OH excluding ortho intramolecular Hbond substituents is 3. The van der Waals surface area contributed by atoms with Gasteiger partial charge in [0.05, 0.1) is 7.11 Å². The van der Waals surface area contributed by atoms with Gasteiger partial charge in [0.1, 0.15) is 28.6 Å². The minimum absolute atomic E-state index is 0.0238. The van der Waals surface area contributed by atoms with E-state index < -0.39 is 75.6 Å². The van der Waals surface area contributed by atoms with E-state index in [1.807, 2.05) is 0 Å². The molecule has 0 aliphatic carbocycles. The molecule has 0 saturated carbocycles. The van der Waals surface area contributed by atoms with Gasteiger partial charge in [-0.05, 0) is 18.2 Å². The van der Waals surface area contributed by atoms with Crippen LogP contribution in [0.4, 0.5) is 0 Å². The van der Waals surface area contributed by atoms with Gasteiger partial charge < -0.3 is 54.4 Å². The zero-order valence-electron chi connectivity index (χ0n) is 18.1. The predicted molar refractivity (Wildman–Crippen MR) is 115 cm³/mol. The Labute approximate surface area is 199 Å². The average molecular weight is 506 g/mol. The van der Waals surface area contributed by atoms with Gasteiger partial charge in [-0.15, -0.1) is 0 Å². The maximum absolute atomic E-state index is 13.3. The van der Waals surface area contributed by atoms with Crippen LogP contribution in [0.2, 0.25) is 0 Å². The van der Waals surface area contributed by atoms with Crippen LogP contribution < -0.4 is 14.9 Å². The van der Waals surface area contributed by atoms with Gasteiger partial charge in [0.2, 0.25) is 11.2 Å². The average Bonchev–Trinajstić information content (AvgIpc) is 2.81. The number of benzene rings is 2. The van der Waals surface area contributed by atoms with Crippen LogP contribution in [-0.4, -0.2) is 78.9 Å². The molecular formula is C22H18O14. The normalized spacial score (nSPS) is 23.8. The van der Waals surface area contributed by atoms with E-state index in [4.69, 9.17) is 19.0 Å². The van der Waals surface area contributed by atoms with Gasteiger partial charge in [-0.3, -0.25) is 4.79 Å². The van der Waals surface area contributed by atoms with Crippen molar-refractivity contribution in [1.82, 2.24) is 0 Å². The minimum Gasteiger partial charge on any atom is -0.508 e. The molecule has 1 fully saturated rings. The molecule has 4 atom stereocenters. The number of aliphatic hydroxyl groups is 3. The summed E-state index contributed by atoms with van der Waals surface area (Å²) < 4.78 is 20.6. The smallest absolute Gasteiger partial charge is 0.356 e. The zero-order chi connectivity index (χ0) is 26.5. The third-order valence-electron chi connectivity index (χ3n) is 5.48. The number of carbonyl (C=O) groups excluding carboxylic acids is 1. The number of hydrogen-bond donors (Lipinski definition) is 7. The number of carboxylic acids is 1. The predicted octanol–water partition coefficient (Wildman–Crippen LogP) is -0.615. The molecule has 7 N–H and O–H groups in total. The van der Waals surface area contributed by atoms with Gasteiger partial charge in [0, 0.05) is 17.7 Å². The van der Waals surface area contributed by atoms with E-state index >= 15 is 0 Å². The van der Waals surface area contributed by atoms with Gasteiger partial charge in [-0.1, -0.05) is 0 Å². The molecule has 36 heavy (non-hydrogen) atoms. The van der Waals surface area contributed by atoms with Gasteiger partial charge >= 0.3 is 11.9 Å². The molecule has 3 aromatic rings. The molecule has 4 unspecified atom stereocenters. The van der Waals surface area contributed by atoms with Crippen molar-refractivity contribution in [2.75, 3.05) is 7.11 Å². The number of phenols is 3. The molecule has 4 rings (SSSR count). The fourth-order valence-corrected chi connectivity index (χ4v) is 3.60. The van der Waals surface area contributed by atoms with E-state index in [2.05, 4.69) is 4.74 Å². The monoisotopic (exact) mass is 506 g/mol. The quantitative estimate of drug-likeness (QED) is 0.169. The summed E-state index contributed by atoms with van der Waals surface area (Å²) in [4.78, 5) is 36.7. The number of rotatable bonds is 5. The Bertz CT molecular complexity index is 1440. The van der Waals surface area contributed by atoms with E-state index in [1.54, 1.807) is 0 Å². The fraction of sp³-hybridized carbons (Fsp3) is 0.227. The summed E-state index contributed by atoms with van der Waals surface area (Å²) >= 11 is 0. The highest BCUT2D eigenvalue weighted by molar-refractivity contribution is 6.04. The van der Waals surface area contributed by atoms with Crippen LogP contribution in [-0.2, 0) is 14.3 Å². The van der Waals surface area contributed by atoms with Gasteiger partial charge in [0.15, 0.2) is 23.4 Å². The summed E-state index contributed by atoms with van der Waals surface area (Å²) in [7, 11) is 1.29. The number of fused-ring (bicyclic) bond motifs is 1. The van der Waals surface area contributed by atoms with Crippen LogP contribution in [0.3, 0.4) is 0 Å². The first-order valence-corrected chi connectivity index (χ1v) is 10.00. The van der Waals surface area contributed by atoms with E-state index in [0.717, 1.165) is 18.2 Å². The van der Waals surface area contributed by atoms with Crippen LogP contribution in [0.1, 0.15) is 0 Å². The first kappa shape index (κ1) is 24.6. The summed E-state index contributed by atoms with van der Waals surface area (Å²) in [5.41, 5.74) is -4.97. The number of ether oxygens (including phenoxy) is 3. The van der Waals surface area contributed by atoms with E-state index in [9.17, 15) is 45.0 Å². The maximum Gasteiger partial charge on any atom is 0.356 e. The number of hydrogen-bond acceptors (Lipinski definition) is 13. The topological polar surface area (TPSA) is 234 Å². The number of methoxy groups -OCH3 is 1. The molecule has 1 aliphatic heterocycles. The fourth-order valence-electron chi connectivity index (χ4n) is 3.60. The van der Waals surface area contributed by atoms with Crippen molar-refractivity contribution >= 4 is 22.9 Å². The SMILES string of the molecule is COc1ccc(-c2oc3cc(O)cc(O)c3c(=O)c2OC2OC(=O)C(O)(C(=O)O)C(O)C2O)cc1O. The molecule has 190 valence electrons. The Kier molecular flexibility index (Phi) is 5.87. The Morgan fingerprint density at radius 1 is 1.06 bits per heavy atom. The standard InChI is InChI=1S/C22H18O14/c1-33-11-3-2-7(4-9(11)24)16-17(14(26)13-10(25)5-8(23)6-12(13)34-16)35-19-15(27)18(28)22(32,20(29)30)21(31)36-19/h2-6,15,18-19,23-25,27-28,32H,1H3,(H,29,30). The van der Waals surface area contributed by atoms with Crippen molar-refractivity contribution in [2.45, 2.75) is 24.1 Å². The number of aliphatic hydroxyl groups excluding tert-OH is 2. The Morgan fingerprint density at radius 3 is 2.36 bits per heavy atom. The second kappa shape index (κ2) is 8.60. The molecule has 1 saturated heterocycles. The van der Waals surface area contributed by atoms with Crippen molar-refractivity contribution in [3.05, 3.63) is 40.6 Å². The lowest BCUT2D eigenvalue weighted by molar-refractivity contribution is -0.258. The lowest BCUT2D eigenvalue weighted by atomic mass is 9.90. The first-order chi connectivity index (χ1) is 16.9. The first-order valence-electron chi connectivity index (χ1n) is 10.00. The minimum atomic E-state index is -3.52. The second-order valence-electron chi connectivity index (χ2n) is 7.71. The molecule has 0 radical (unpaired) electrons. The molecular weight excluding hydrogens is 488 g/mol. The summed E-state index contributed by atoms with van der Waals surface area (Å²) in [5.74, 6) is -6.89. The third kappa shape index (κ3) is 3.69. The van der Waals surface area contributed by atoms with Crippen LogP contribution >= 0.6 is 0 Å². The number of esters is 1. The lowest BCUT2D eigenvalue weighted by Crippen LogP contribution is -2.68. The highest BCUT2D eigenvalue weighted by atomic mass is 16.7. The molecule has 2 heterocycles. The molecule has 14 heteroatoms. The van der Waals surface area contributed by atoms with E-state index in [0.29, 0.717) is 0 Å². The largest absolute Gasteiger partial charge is 0.508 e. The third-order valence-corrected chi connectivity index (χ3v) is 5.48. The van der Waals surface area contributed by atoms with Crippen LogP contribution in [0.5, 0.6) is 28.7 Å². The highest BCUT2D eigenvalue weighted by Gasteiger charge is 2.62. The summed E-state index contributed by atoms with van der Waals surface area (Å²) in [6, 6.07) is 5.54. The Hall–Kier alpha value is -4.53. The molecule has 14 nitrogen and oxygen atoms in total. The highest BCUT2D eigenvalue weighted by Crippen LogP contribution is 2.39. The Morgan fingerprint density at radius 2 is 1.75 bits per heavy atom.